The van der Waals surface area contributed by atoms with Crippen LogP contribution in [0.1, 0.15) is 78.6 Å². The number of hydrogen-bond acceptors (Lipinski definition) is 7. The number of carbonyl (C=O) groups excluding carboxylic acids is 1. The van der Waals surface area contributed by atoms with Crippen LogP contribution in [0.25, 0.3) is 0 Å². The number of halogens is 1. The summed E-state index contributed by atoms with van der Waals surface area (Å²) in [6.45, 7) is 10.7. The first-order chi connectivity index (χ1) is 14.2. The van der Waals surface area contributed by atoms with E-state index in [9.17, 15) is 4.79 Å². The number of ether oxygens (including phenoxy) is 3. The number of aromatic nitrogens is 2. The average Bonchev–Trinajstić information content (AvgIpc) is 2.66. The second kappa shape index (κ2) is 11.1. The lowest BCUT2D eigenvalue weighted by atomic mass is 9.81. The van der Waals surface area contributed by atoms with Crippen LogP contribution in [0.3, 0.4) is 0 Å². The summed E-state index contributed by atoms with van der Waals surface area (Å²) in [5.74, 6) is 0.565. The second-order valence-electron chi connectivity index (χ2n) is 8.51. The Morgan fingerprint density at radius 1 is 1.20 bits per heavy atom. The molecule has 1 aliphatic rings. The molecule has 1 heterocycles. The van der Waals surface area contributed by atoms with Crippen LogP contribution in [0, 0.1) is 0 Å². The van der Waals surface area contributed by atoms with Crippen molar-refractivity contribution in [2.75, 3.05) is 25.1 Å². The standard InChI is InChI=1S/C21H35ClN4O4/c1-6-28-17(29-7-2)15-13-23-18(22)25-16(15)26-21(11-9-8-10-12-21)14-24-19(27)30-20(3,4)5/h13,17H,6-12,14H2,1-5H3,(H,24,27)(H,23,25,26). The summed E-state index contributed by atoms with van der Waals surface area (Å²) >= 11 is 6.11. The molecule has 0 bridgehead atoms. The molecule has 1 aliphatic carbocycles. The molecule has 1 fully saturated rings. The predicted molar refractivity (Wildman–Crippen MR) is 117 cm³/mol. The molecule has 0 saturated heterocycles. The van der Waals surface area contributed by atoms with Crippen molar-refractivity contribution in [2.24, 2.45) is 0 Å². The lowest BCUT2D eigenvalue weighted by molar-refractivity contribution is -0.140. The van der Waals surface area contributed by atoms with Gasteiger partial charge in [-0.3, -0.25) is 0 Å². The molecule has 9 heteroatoms. The third-order valence-electron chi connectivity index (χ3n) is 4.84. The van der Waals surface area contributed by atoms with Crippen molar-refractivity contribution in [3.8, 4) is 0 Å². The number of amides is 1. The normalized spacial score (nSPS) is 16.4. The van der Waals surface area contributed by atoms with Crippen molar-refractivity contribution in [1.29, 1.82) is 0 Å². The van der Waals surface area contributed by atoms with E-state index in [0.29, 0.717) is 31.1 Å². The zero-order chi connectivity index (χ0) is 22.2. The maximum Gasteiger partial charge on any atom is 0.407 e. The zero-order valence-electron chi connectivity index (χ0n) is 18.7. The van der Waals surface area contributed by atoms with Gasteiger partial charge in [-0.15, -0.1) is 0 Å². The van der Waals surface area contributed by atoms with Crippen LogP contribution in [0.15, 0.2) is 6.20 Å². The quantitative estimate of drug-likeness (QED) is 0.417. The molecule has 1 saturated carbocycles. The molecule has 0 radical (unpaired) electrons. The molecule has 1 aromatic rings. The van der Waals surface area contributed by atoms with Crippen LogP contribution >= 0.6 is 11.6 Å². The molecule has 1 amide bonds. The third-order valence-corrected chi connectivity index (χ3v) is 5.02. The van der Waals surface area contributed by atoms with E-state index in [0.717, 1.165) is 32.1 Å². The molecular formula is C21H35ClN4O4. The summed E-state index contributed by atoms with van der Waals surface area (Å²) in [7, 11) is 0. The van der Waals surface area contributed by atoms with Gasteiger partial charge in [-0.1, -0.05) is 19.3 Å². The third kappa shape index (κ3) is 7.56. The number of alkyl carbamates (subject to hydrolysis) is 1. The molecule has 2 N–H and O–H groups in total. The van der Waals surface area contributed by atoms with Crippen molar-refractivity contribution in [3.63, 3.8) is 0 Å². The fraction of sp³-hybridized carbons (Fsp3) is 0.762. The average molecular weight is 443 g/mol. The fourth-order valence-electron chi connectivity index (χ4n) is 3.55. The van der Waals surface area contributed by atoms with Gasteiger partial charge < -0.3 is 24.8 Å². The SMILES string of the molecule is CCOC(OCC)c1cnc(Cl)nc1NC1(CNC(=O)OC(C)(C)C)CCCCC1. The highest BCUT2D eigenvalue weighted by molar-refractivity contribution is 6.28. The Morgan fingerprint density at radius 2 is 1.83 bits per heavy atom. The van der Waals surface area contributed by atoms with Crippen molar-refractivity contribution in [1.82, 2.24) is 15.3 Å². The van der Waals surface area contributed by atoms with E-state index in [2.05, 4.69) is 20.6 Å². The monoisotopic (exact) mass is 442 g/mol. The molecule has 0 spiro atoms. The molecule has 30 heavy (non-hydrogen) atoms. The van der Waals surface area contributed by atoms with Gasteiger partial charge in [0, 0.05) is 26.0 Å². The van der Waals surface area contributed by atoms with E-state index >= 15 is 0 Å². The largest absolute Gasteiger partial charge is 0.444 e. The van der Waals surface area contributed by atoms with Gasteiger partial charge in [-0.25, -0.2) is 14.8 Å². The van der Waals surface area contributed by atoms with Gasteiger partial charge in [0.2, 0.25) is 5.28 Å². The van der Waals surface area contributed by atoms with Gasteiger partial charge >= 0.3 is 6.09 Å². The summed E-state index contributed by atoms with van der Waals surface area (Å²) < 4.78 is 16.9. The highest BCUT2D eigenvalue weighted by Gasteiger charge is 2.35. The smallest absolute Gasteiger partial charge is 0.407 e. The summed E-state index contributed by atoms with van der Waals surface area (Å²) in [5, 5.41) is 6.61. The lowest BCUT2D eigenvalue weighted by Gasteiger charge is -2.39. The first kappa shape index (κ1) is 24.6. The van der Waals surface area contributed by atoms with Crippen LogP contribution in [0.4, 0.5) is 10.6 Å². The van der Waals surface area contributed by atoms with Crippen LogP contribution < -0.4 is 10.6 Å². The minimum atomic E-state index is -0.598. The van der Waals surface area contributed by atoms with Crippen LogP contribution in [-0.4, -0.2) is 47.0 Å². The number of anilines is 1. The highest BCUT2D eigenvalue weighted by Crippen LogP contribution is 2.34. The van der Waals surface area contributed by atoms with Gasteiger partial charge in [0.15, 0.2) is 6.29 Å². The van der Waals surface area contributed by atoms with Crippen LogP contribution in [-0.2, 0) is 14.2 Å². The Morgan fingerprint density at radius 3 is 2.40 bits per heavy atom. The van der Waals surface area contributed by atoms with Crippen molar-refractivity contribution >= 4 is 23.5 Å². The number of nitrogens with zero attached hydrogens (tertiary/aromatic N) is 2. The fourth-order valence-corrected chi connectivity index (χ4v) is 3.69. The Kier molecular flexibility index (Phi) is 9.12. The van der Waals surface area contributed by atoms with Gasteiger partial charge in [-0.05, 0) is 59.1 Å². The molecule has 1 aromatic heterocycles. The number of rotatable bonds is 9. The highest BCUT2D eigenvalue weighted by atomic mass is 35.5. The molecule has 0 atom stereocenters. The van der Waals surface area contributed by atoms with E-state index in [1.165, 1.54) is 0 Å². The Labute approximate surface area is 184 Å². The van der Waals surface area contributed by atoms with E-state index < -0.39 is 18.0 Å². The molecule has 8 nitrogen and oxygen atoms in total. The summed E-state index contributed by atoms with van der Waals surface area (Å²) in [4.78, 5) is 20.8. The minimum absolute atomic E-state index is 0.138. The van der Waals surface area contributed by atoms with Gasteiger partial charge in [-0.2, -0.15) is 0 Å². The Balaban J connectivity index is 2.25. The topological polar surface area (TPSA) is 94.6 Å². The predicted octanol–water partition coefficient (Wildman–Crippen LogP) is 4.84. The van der Waals surface area contributed by atoms with E-state index in [1.54, 1.807) is 6.20 Å². The maximum absolute atomic E-state index is 12.2. The van der Waals surface area contributed by atoms with Gasteiger partial charge in [0.05, 0.1) is 11.1 Å². The van der Waals surface area contributed by atoms with Crippen LogP contribution in [0.2, 0.25) is 5.28 Å². The molecular weight excluding hydrogens is 408 g/mol. The molecule has 170 valence electrons. The Bertz CT molecular complexity index is 684. The number of nitrogens with one attached hydrogen (secondary N) is 2. The number of hydrogen-bond donors (Lipinski definition) is 2. The van der Waals surface area contributed by atoms with Gasteiger partial charge in [0.1, 0.15) is 11.4 Å². The second-order valence-corrected chi connectivity index (χ2v) is 8.85. The summed E-state index contributed by atoms with van der Waals surface area (Å²) in [6, 6.07) is 0. The minimum Gasteiger partial charge on any atom is -0.444 e. The van der Waals surface area contributed by atoms with Crippen molar-refractivity contribution in [3.05, 3.63) is 17.0 Å². The van der Waals surface area contributed by atoms with Crippen molar-refractivity contribution < 1.29 is 19.0 Å². The first-order valence-corrected chi connectivity index (χ1v) is 11.1. The zero-order valence-corrected chi connectivity index (χ0v) is 19.5. The summed E-state index contributed by atoms with van der Waals surface area (Å²) in [5.41, 5.74) is -0.234. The van der Waals surface area contributed by atoms with E-state index in [4.69, 9.17) is 25.8 Å². The lowest BCUT2D eigenvalue weighted by Crippen LogP contribution is -2.51. The summed E-state index contributed by atoms with van der Waals surface area (Å²) in [6.07, 6.45) is 5.64. The van der Waals surface area contributed by atoms with Crippen molar-refractivity contribution in [2.45, 2.75) is 84.2 Å². The maximum atomic E-state index is 12.2. The van der Waals surface area contributed by atoms with Gasteiger partial charge in [0.25, 0.3) is 0 Å². The van der Waals surface area contributed by atoms with Crippen LogP contribution in [0.5, 0.6) is 0 Å². The van der Waals surface area contributed by atoms with E-state index in [1.807, 2.05) is 34.6 Å². The van der Waals surface area contributed by atoms with E-state index in [-0.39, 0.29) is 10.8 Å². The first-order valence-electron chi connectivity index (χ1n) is 10.7. The molecule has 0 unspecified atom stereocenters. The Hall–Kier alpha value is -1.64. The molecule has 2 rings (SSSR count). The molecule has 0 aromatic carbocycles. The molecule has 0 aliphatic heterocycles. The number of carbonyl (C=O) groups is 1.